The molecule has 2 rings (SSSR count). The van der Waals surface area contributed by atoms with Crippen LogP contribution in [0.4, 0.5) is 9.52 Å². The molecular formula is C16H22FN3S. The van der Waals surface area contributed by atoms with E-state index >= 15 is 0 Å². The van der Waals surface area contributed by atoms with Gasteiger partial charge in [0.2, 0.25) is 0 Å². The van der Waals surface area contributed by atoms with Crippen LogP contribution in [-0.4, -0.2) is 19.1 Å². The van der Waals surface area contributed by atoms with Gasteiger partial charge in [-0.3, -0.25) is 0 Å². The maximum absolute atomic E-state index is 13.7. The van der Waals surface area contributed by atoms with Crippen molar-refractivity contribution in [3.05, 3.63) is 46.2 Å². The maximum atomic E-state index is 13.7. The van der Waals surface area contributed by atoms with Gasteiger partial charge in [0.15, 0.2) is 5.13 Å². The van der Waals surface area contributed by atoms with Crippen LogP contribution in [0.3, 0.4) is 0 Å². The van der Waals surface area contributed by atoms with E-state index in [1.54, 1.807) is 17.4 Å². The lowest BCUT2D eigenvalue weighted by atomic mass is 10.1. The average Bonchev–Trinajstić information content (AvgIpc) is 2.86. The molecule has 21 heavy (non-hydrogen) atoms. The molecule has 0 atom stereocenters. The third-order valence-corrected chi connectivity index (χ3v) is 4.48. The van der Waals surface area contributed by atoms with Crippen LogP contribution < -0.4 is 10.2 Å². The summed E-state index contributed by atoms with van der Waals surface area (Å²) in [6.07, 6.45) is 0. The lowest BCUT2D eigenvalue weighted by molar-refractivity contribution is 0.607. The van der Waals surface area contributed by atoms with Crippen LogP contribution in [0, 0.1) is 5.82 Å². The molecule has 2 aromatic rings. The highest BCUT2D eigenvalue weighted by molar-refractivity contribution is 7.15. The van der Waals surface area contributed by atoms with E-state index in [9.17, 15) is 4.39 Å². The first-order valence-corrected chi connectivity index (χ1v) is 7.93. The Labute approximate surface area is 129 Å². The standard InChI is InChI=1S/C16H22FN3S/c1-11(2)15-14(9-18-3)21-16(19-15)20(4)10-12-7-5-6-8-13(12)17/h5-8,11,18H,9-10H2,1-4H3. The van der Waals surface area contributed by atoms with Crippen molar-refractivity contribution in [2.24, 2.45) is 0 Å². The van der Waals surface area contributed by atoms with E-state index in [0.717, 1.165) is 17.4 Å². The molecule has 0 saturated heterocycles. The monoisotopic (exact) mass is 307 g/mol. The highest BCUT2D eigenvalue weighted by Crippen LogP contribution is 2.31. The molecule has 5 heteroatoms. The minimum atomic E-state index is -0.166. The maximum Gasteiger partial charge on any atom is 0.185 e. The number of nitrogens with one attached hydrogen (secondary N) is 1. The first-order valence-electron chi connectivity index (χ1n) is 7.11. The molecule has 1 aromatic heterocycles. The molecule has 0 fully saturated rings. The summed E-state index contributed by atoms with van der Waals surface area (Å²) in [5, 5.41) is 4.12. The van der Waals surface area contributed by atoms with E-state index in [1.807, 2.05) is 31.1 Å². The molecule has 0 aliphatic rings. The van der Waals surface area contributed by atoms with Crippen LogP contribution >= 0.6 is 11.3 Å². The number of aromatic nitrogens is 1. The quantitative estimate of drug-likeness (QED) is 0.880. The van der Waals surface area contributed by atoms with Crippen molar-refractivity contribution in [3.63, 3.8) is 0 Å². The fourth-order valence-corrected chi connectivity index (χ4v) is 3.39. The Balaban J connectivity index is 2.21. The number of rotatable bonds is 6. The smallest absolute Gasteiger partial charge is 0.185 e. The second-order valence-electron chi connectivity index (χ2n) is 5.44. The van der Waals surface area contributed by atoms with Gasteiger partial charge >= 0.3 is 0 Å². The van der Waals surface area contributed by atoms with Gasteiger partial charge in [0.05, 0.1) is 5.69 Å². The van der Waals surface area contributed by atoms with E-state index in [-0.39, 0.29) is 5.82 Å². The van der Waals surface area contributed by atoms with Gasteiger partial charge in [0.1, 0.15) is 5.82 Å². The summed E-state index contributed by atoms with van der Waals surface area (Å²) in [5.74, 6) is 0.223. The van der Waals surface area contributed by atoms with Gasteiger partial charge in [-0.2, -0.15) is 0 Å². The Hall–Kier alpha value is -1.46. The van der Waals surface area contributed by atoms with Crippen LogP contribution in [0.2, 0.25) is 0 Å². The van der Waals surface area contributed by atoms with Crippen molar-refractivity contribution >= 4 is 16.5 Å². The predicted molar refractivity (Wildman–Crippen MR) is 87.5 cm³/mol. The molecule has 1 heterocycles. The molecule has 0 spiro atoms. The van der Waals surface area contributed by atoms with Gasteiger partial charge in [-0.25, -0.2) is 9.37 Å². The van der Waals surface area contributed by atoms with E-state index < -0.39 is 0 Å². The van der Waals surface area contributed by atoms with E-state index in [0.29, 0.717) is 18.0 Å². The van der Waals surface area contributed by atoms with Crippen molar-refractivity contribution in [3.8, 4) is 0 Å². The van der Waals surface area contributed by atoms with Crippen molar-refractivity contribution in [2.45, 2.75) is 32.9 Å². The summed E-state index contributed by atoms with van der Waals surface area (Å²) in [7, 11) is 3.89. The SMILES string of the molecule is CNCc1sc(N(C)Cc2ccccc2F)nc1C(C)C. The van der Waals surface area contributed by atoms with E-state index in [2.05, 4.69) is 19.2 Å². The van der Waals surface area contributed by atoms with Crippen LogP contribution in [-0.2, 0) is 13.1 Å². The summed E-state index contributed by atoms with van der Waals surface area (Å²) in [4.78, 5) is 8.00. The van der Waals surface area contributed by atoms with Crippen LogP contribution in [0.1, 0.15) is 35.9 Å². The second kappa shape index (κ2) is 7.00. The van der Waals surface area contributed by atoms with E-state index in [4.69, 9.17) is 4.98 Å². The van der Waals surface area contributed by atoms with Gasteiger partial charge < -0.3 is 10.2 Å². The van der Waals surface area contributed by atoms with Gasteiger partial charge in [0.25, 0.3) is 0 Å². The third kappa shape index (κ3) is 3.80. The fraction of sp³-hybridized carbons (Fsp3) is 0.438. The number of nitrogens with zero attached hydrogens (tertiary/aromatic N) is 2. The molecule has 1 aromatic carbocycles. The highest BCUT2D eigenvalue weighted by atomic mass is 32.1. The first-order chi connectivity index (χ1) is 10.0. The van der Waals surface area contributed by atoms with Crippen molar-refractivity contribution in [1.29, 1.82) is 0 Å². The molecule has 1 N–H and O–H groups in total. The van der Waals surface area contributed by atoms with Crippen molar-refractivity contribution < 1.29 is 4.39 Å². The zero-order chi connectivity index (χ0) is 15.4. The Bertz CT molecular complexity index is 595. The molecule has 0 bridgehead atoms. The number of hydrogen-bond acceptors (Lipinski definition) is 4. The number of anilines is 1. The summed E-state index contributed by atoms with van der Waals surface area (Å²) in [5.41, 5.74) is 1.82. The molecular weight excluding hydrogens is 285 g/mol. The highest BCUT2D eigenvalue weighted by Gasteiger charge is 2.16. The lowest BCUT2D eigenvalue weighted by Crippen LogP contribution is -2.17. The second-order valence-corrected chi connectivity index (χ2v) is 6.50. The fourth-order valence-electron chi connectivity index (χ4n) is 2.20. The molecule has 0 aliphatic carbocycles. The first kappa shape index (κ1) is 15.9. The minimum Gasteiger partial charge on any atom is -0.347 e. The van der Waals surface area contributed by atoms with E-state index in [1.165, 1.54) is 10.9 Å². The number of hydrogen-bond donors (Lipinski definition) is 1. The minimum absolute atomic E-state index is 0.166. The molecule has 0 amide bonds. The topological polar surface area (TPSA) is 28.2 Å². The summed E-state index contributed by atoms with van der Waals surface area (Å²) in [6.45, 7) is 5.64. The zero-order valence-electron chi connectivity index (χ0n) is 13.0. The molecule has 114 valence electrons. The molecule has 0 unspecified atom stereocenters. The van der Waals surface area contributed by atoms with Crippen molar-refractivity contribution in [2.75, 3.05) is 19.0 Å². The van der Waals surface area contributed by atoms with Gasteiger partial charge in [-0.1, -0.05) is 32.0 Å². The number of benzene rings is 1. The Morgan fingerprint density at radius 1 is 1.33 bits per heavy atom. The summed E-state index contributed by atoms with van der Waals surface area (Å²) >= 11 is 1.68. The normalized spacial score (nSPS) is 11.1. The molecule has 0 aliphatic heterocycles. The Kier molecular flexibility index (Phi) is 5.31. The van der Waals surface area contributed by atoms with Crippen LogP contribution in [0.15, 0.2) is 24.3 Å². The van der Waals surface area contributed by atoms with Crippen molar-refractivity contribution in [1.82, 2.24) is 10.3 Å². The van der Waals surface area contributed by atoms with Crippen LogP contribution in [0.5, 0.6) is 0 Å². The Morgan fingerprint density at radius 3 is 2.67 bits per heavy atom. The van der Waals surface area contributed by atoms with Gasteiger partial charge in [-0.05, 0) is 19.0 Å². The molecule has 3 nitrogen and oxygen atoms in total. The Morgan fingerprint density at radius 2 is 2.05 bits per heavy atom. The third-order valence-electron chi connectivity index (χ3n) is 3.29. The lowest BCUT2D eigenvalue weighted by Gasteiger charge is -2.16. The number of halogens is 1. The van der Waals surface area contributed by atoms with Crippen LogP contribution in [0.25, 0.3) is 0 Å². The molecule has 0 saturated carbocycles. The molecule has 0 radical (unpaired) electrons. The summed E-state index contributed by atoms with van der Waals surface area (Å²) < 4.78 is 13.7. The largest absolute Gasteiger partial charge is 0.347 e. The number of thiazole rings is 1. The van der Waals surface area contributed by atoms with Gasteiger partial charge in [-0.15, -0.1) is 11.3 Å². The van der Waals surface area contributed by atoms with Gasteiger partial charge in [0, 0.05) is 30.6 Å². The summed E-state index contributed by atoms with van der Waals surface area (Å²) in [6, 6.07) is 6.89. The zero-order valence-corrected chi connectivity index (χ0v) is 13.8. The average molecular weight is 307 g/mol. The predicted octanol–water partition coefficient (Wildman–Crippen LogP) is 3.76.